The molecule has 0 aliphatic heterocycles. The Bertz CT molecular complexity index is 449. The van der Waals surface area contributed by atoms with Crippen molar-refractivity contribution in [3.63, 3.8) is 0 Å². The van der Waals surface area contributed by atoms with Gasteiger partial charge < -0.3 is 10.5 Å². The molecule has 1 saturated carbocycles. The van der Waals surface area contributed by atoms with Crippen molar-refractivity contribution in [1.29, 1.82) is 0 Å². The molecule has 0 aromatic heterocycles. The van der Waals surface area contributed by atoms with E-state index >= 15 is 0 Å². The maximum absolute atomic E-state index is 12.3. The van der Waals surface area contributed by atoms with Crippen LogP contribution in [0.4, 0.5) is 0 Å². The first-order chi connectivity index (χ1) is 12.5. The van der Waals surface area contributed by atoms with Crippen LogP contribution in [0, 0.1) is 11.8 Å². The molecule has 5 heteroatoms. The fourth-order valence-corrected chi connectivity index (χ4v) is 3.98. The zero-order chi connectivity index (χ0) is 19.4. The summed E-state index contributed by atoms with van der Waals surface area (Å²) in [4.78, 5) is 35.4. The molecule has 0 aromatic rings. The third-order valence-electron chi connectivity index (χ3n) is 5.61. The Morgan fingerprint density at radius 3 is 2.38 bits per heavy atom. The fourth-order valence-electron chi connectivity index (χ4n) is 3.98. The van der Waals surface area contributed by atoms with Crippen molar-refractivity contribution in [2.24, 2.45) is 17.6 Å². The molecule has 1 aliphatic rings. The summed E-state index contributed by atoms with van der Waals surface area (Å²) in [6.45, 7) is 2.13. The molecule has 0 saturated heterocycles. The lowest BCUT2D eigenvalue weighted by atomic mass is 9.84. The van der Waals surface area contributed by atoms with E-state index < -0.39 is 0 Å². The summed E-state index contributed by atoms with van der Waals surface area (Å²) in [7, 11) is 1.41. The van der Waals surface area contributed by atoms with E-state index in [-0.39, 0.29) is 29.6 Å². The zero-order valence-electron chi connectivity index (χ0n) is 16.6. The van der Waals surface area contributed by atoms with Gasteiger partial charge in [-0.1, -0.05) is 39.0 Å². The number of esters is 1. The van der Waals surface area contributed by atoms with Crippen LogP contribution in [0.5, 0.6) is 0 Å². The molecule has 150 valence electrons. The van der Waals surface area contributed by atoms with Gasteiger partial charge in [-0.2, -0.15) is 0 Å². The quantitative estimate of drug-likeness (QED) is 0.371. The van der Waals surface area contributed by atoms with Gasteiger partial charge in [-0.15, -0.1) is 0 Å². The van der Waals surface area contributed by atoms with Crippen molar-refractivity contribution in [2.45, 2.75) is 96.4 Å². The zero-order valence-corrected chi connectivity index (χ0v) is 16.6. The molecule has 5 nitrogen and oxygen atoms in total. The summed E-state index contributed by atoms with van der Waals surface area (Å²) in [5, 5.41) is 0. The second-order valence-electron chi connectivity index (χ2n) is 7.67. The lowest BCUT2D eigenvalue weighted by molar-refractivity contribution is -0.140. The topological polar surface area (TPSA) is 86.5 Å². The number of ether oxygens (including phenoxy) is 1. The molecular formula is C21H37NO4. The van der Waals surface area contributed by atoms with Crippen LogP contribution >= 0.6 is 0 Å². The van der Waals surface area contributed by atoms with E-state index in [0.717, 1.165) is 57.8 Å². The molecule has 0 spiro atoms. The minimum atomic E-state index is -0.161. The normalized spacial score (nSPS) is 22.6. The van der Waals surface area contributed by atoms with Crippen molar-refractivity contribution in [1.82, 2.24) is 0 Å². The molecule has 0 radical (unpaired) electrons. The van der Waals surface area contributed by atoms with E-state index in [9.17, 15) is 14.4 Å². The lowest BCUT2D eigenvalue weighted by Crippen LogP contribution is -2.28. The number of rotatable bonds is 14. The Labute approximate surface area is 158 Å². The van der Waals surface area contributed by atoms with Gasteiger partial charge in [0.25, 0.3) is 0 Å². The molecule has 0 aromatic carbocycles. The van der Waals surface area contributed by atoms with Gasteiger partial charge in [0, 0.05) is 37.6 Å². The van der Waals surface area contributed by atoms with E-state index in [1.807, 2.05) is 0 Å². The maximum Gasteiger partial charge on any atom is 0.305 e. The summed E-state index contributed by atoms with van der Waals surface area (Å²) >= 11 is 0. The molecule has 0 bridgehead atoms. The van der Waals surface area contributed by atoms with E-state index in [4.69, 9.17) is 5.73 Å². The predicted octanol–water partition coefficient (Wildman–Crippen LogP) is 3.96. The maximum atomic E-state index is 12.3. The molecule has 26 heavy (non-hydrogen) atoms. The molecule has 1 fully saturated rings. The Balaban J connectivity index is 2.29. The lowest BCUT2D eigenvalue weighted by Gasteiger charge is -2.21. The Morgan fingerprint density at radius 2 is 1.69 bits per heavy atom. The Morgan fingerprint density at radius 1 is 1.00 bits per heavy atom. The summed E-state index contributed by atoms with van der Waals surface area (Å²) in [5.74, 6) is 0.606. The number of hydrogen-bond acceptors (Lipinski definition) is 5. The third-order valence-corrected chi connectivity index (χ3v) is 5.61. The molecule has 0 heterocycles. The second kappa shape index (κ2) is 13.0. The number of carbonyl (C=O) groups excluding carboxylic acids is 3. The van der Waals surface area contributed by atoms with Gasteiger partial charge in [0.05, 0.1) is 7.11 Å². The predicted molar refractivity (Wildman–Crippen MR) is 103 cm³/mol. The smallest absolute Gasteiger partial charge is 0.305 e. The van der Waals surface area contributed by atoms with Crippen molar-refractivity contribution >= 4 is 17.5 Å². The largest absolute Gasteiger partial charge is 0.469 e. The number of methoxy groups -OCH3 is 1. The number of unbranched alkanes of at least 4 members (excludes halogenated alkanes) is 5. The molecule has 1 aliphatic carbocycles. The van der Waals surface area contributed by atoms with E-state index in [0.29, 0.717) is 31.5 Å². The highest BCUT2D eigenvalue weighted by Crippen LogP contribution is 2.35. The van der Waals surface area contributed by atoms with E-state index in [2.05, 4.69) is 11.7 Å². The van der Waals surface area contributed by atoms with Gasteiger partial charge in [-0.25, -0.2) is 0 Å². The number of nitrogens with two attached hydrogens (primary N) is 1. The van der Waals surface area contributed by atoms with Gasteiger partial charge in [0.1, 0.15) is 11.6 Å². The highest BCUT2D eigenvalue weighted by atomic mass is 16.5. The highest BCUT2D eigenvalue weighted by molar-refractivity contribution is 5.84. The van der Waals surface area contributed by atoms with Crippen LogP contribution in [0.15, 0.2) is 0 Å². The molecule has 0 unspecified atom stereocenters. The average Bonchev–Trinajstić information content (AvgIpc) is 2.89. The van der Waals surface area contributed by atoms with Gasteiger partial charge in [0.15, 0.2) is 0 Å². The van der Waals surface area contributed by atoms with Crippen LogP contribution in [0.2, 0.25) is 0 Å². The number of carbonyl (C=O) groups is 3. The number of Topliss-reactive ketones (excluding diaryl/α,β-unsaturated/α-hetero) is 2. The van der Waals surface area contributed by atoms with Crippen molar-refractivity contribution < 1.29 is 19.1 Å². The molecule has 2 N–H and O–H groups in total. The fraction of sp³-hybridized carbons (Fsp3) is 0.857. The average molecular weight is 368 g/mol. The van der Waals surface area contributed by atoms with Crippen molar-refractivity contribution in [2.75, 3.05) is 7.11 Å². The first kappa shape index (κ1) is 22.8. The van der Waals surface area contributed by atoms with Crippen LogP contribution in [0.25, 0.3) is 0 Å². The minimum Gasteiger partial charge on any atom is -0.469 e. The number of ketones is 2. The van der Waals surface area contributed by atoms with Crippen LogP contribution in [0.1, 0.15) is 90.4 Å². The molecular weight excluding hydrogens is 330 g/mol. The second-order valence-corrected chi connectivity index (χ2v) is 7.67. The van der Waals surface area contributed by atoms with Crippen LogP contribution in [-0.2, 0) is 19.1 Å². The van der Waals surface area contributed by atoms with Gasteiger partial charge in [0.2, 0.25) is 0 Å². The first-order valence-corrected chi connectivity index (χ1v) is 10.4. The monoisotopic (exact) mass is 367 g/mol. The van der Waals surface area contributed by atoms with Crippen molar-refractivity contribution in [3.05, 3.63) is 0 Å². The van der Waals surface area contributed by atoms with Gasteiger partial charge in [-0.05, 0) is 31.6 Å². The van der Waals surface area contributed by atoms with Crippen LogP contribution in [0.3, 0.4) is 0 Å². The molecule has 3 atom stereocenters. The minimum absolute atomic E-state index is 0.0223. The summed E-state index contributed by atoms with van der Waals surface area (Å²) in [5.41, 5.74) is 6.18. The molecule has 0 amide bonds. The Hall–Kier alpha value is -1.23. The van der Waals surface area contributed by atoms with E-state index in [1.165, 1.54) is 7.11 Å². The first-order valence-electron chi connectivity index (χ1n) is 10.4. The van der Waals surface area contributed by atoms with Crippen molar-refractivity contribution in [3.8, 4) is 0 Å². The van der Waals surface area contributed by atoms with Crippen LogP contribution < -0.4 is 5.73 Å². The summed E-state index contributed by atoms with van der Waals surface area (Å²) in [6.07, 6.45) is 10.8. The summed E-state index contributed by atoms with van der Waals surface area (Å²) < 4.78 is 4.63. The SMILES string of the molecule is CCCCCC(=O)CC[C@H]1[C@H](N)CC(=O)[C@@H]1CCCCCCC(=O)OC. The molecule has 1 rings (SSSR count). The van der Waals surface area contributed by atoms with Gasteiger partial charge in [-0.3, -0.25) is 14.4 Å². The standard InChI is InChI=1S/C21H37NO4/c1-3-4-7-10-16(23)13-14-17-18(20(24)15-19(17)22)11-8-5-6-9-12-21(25)26-2/h17-19H,3-15,22H2,1-2H3/t17-,18-,19-/m1/s1. The van der Waals surface area contributed by atoms with E-state index in [1.54, 1.807) is 0 Å². The number of hydrogen-bond donors (Lipinski definition) is 1. The Kier molecular flexibility index (Phi) is 11.4. The highest BCUT2D eigenvalue weighted by Gasteiger charge is 2.39. The third kappa shape index (κ3) is 8.43. The van der Waals surface area contributed by atoms with Gasteiger partial charge >= 0.3 is 5.97 Å². The van der Waals surface area contributed by atoms with Crippen LogP contribution in [-0.4, -0.2) is 30.7 Å². The summed E-state index contributed by atoms with van der Waals surface area (Å²) in [6, 6.07) is -0.0877.